The zero-order valence-electron chi connectivity index (χ0n) is 12.6. The number of ether oxygens (including phenoxy) is 1. The van der Waals surface area contributed by atoms with E-state index in [1.165, 1.54) is 30.2 Å². The fourth-order valence-corrected chi connectivity index (χ4v) is 2.27. The van der Waals surface area contributed by atoms with E-state index >= 15 is 0 Å². The van der Waals surface area contributed by atoms with Gasteiger partial charge in [0, 0.05) is 11.8 Å². The first-order chi connectivity index (χ1) is 9.74. The van der Waals surface area contributed by atoms with E-state index in [1.807, 2.05) is 20.8 Å². The normalized spacial score (nSPS) is 19.5. The second-order valence-electron chi connectivity index (χ2n) is 6.11. The molecule has 114 valence electrons. The van der Waals surface area contributed by atoms with Gasteiger partial charge in [-0.3, -0.25) is 9.59 Å². The smallest absolute Gasteiger partial charge is 0.250 e. The van der Waals surface area contributed by atoms with Crippen LogP contribution in [0.25, 0.3) is 0 Å². The number of amides is 2. The predicted octanol–water partition coefficient (Wildman–Crippen LogP) is 1.71. The molecule has 0 radical (unpaired) electrons. The van der Waals surface area contributed by atoms with Gasteiger partial charge in [0.2, 0.25) is 5.91 Å². The zero-order chi connectivity index (χ0) is 15.8. The fraction of sp³-hybridized carbons (Fsp3) is 0.467. The van der Waals surface area contributed by atoms with Crippen molar-refractivity contribution in [2.24, 2.45) is 5.41 Å². The lowest BCUT2D eigenvalue weighted by Crippen LogP contribution is -2.62. The average molecular weight is 294 g/mol. The summed E-state index contributed by atoms with van der Waals surface area (Å²) >= 11 is 0. The maximum Gasteiger partial charge on any atom is 0.250 e. The minimum atomic E-state index is -0.616. The van der Waals surface area contributed by atoms with Crippen molar-refractivity contribution in [3.8, 4) is 5.75 Å². The third kappa shape index (κ3) is 2.99. The molecule has 1 atom stereocenters. The van der Waals surface area contributed by atoms with Crippen LogP contribution in [0.2, 0.25) is 0 Å². The lowest BCUT2D eigenvalue weighted by molar-refractivity contribution is -0.133. The molecule has 0 spiro atoms. The number of hydrogen-bond acceptors (Lipinski definition) is 3. The first-order valence-corrected chi connectivity index (χ1v) is 6.68. The quantitative estimate of drug-likeness (QED) is 0.903. The number of hydrogen-bond donors (Lipinski definition) is 1. The topological polar surface area (TPSA) is 58.6 Å². The highest BCUT2D eigenvalue weighted by molar-refractivity contribution is 6.07. The molecule has 1 unspecified atom stereocenters. The van der Waals surface area contributed by atoms with Crippen molar-refractivity contribution in [3.63, 3.8) is 0 Å². The Morgan fingerprint density at radius 2 is 2.00 bits per heavy atom. The molecule has 2 rings (SSSR count). The number of benzene rings is 1. The van der Waals surface area contributed by atoms with Gasteiger partial charge >= 0.3 is 0 Å². The van der Waals surface area contributed by atoms with Gasteiger partial charge in [-0.25, -0.2) is 4.39 Å². The molecule has 1 fully saturated rings. The number of carbonyl (C=O) groups is 2. The summed E-state index contributed by atoms with van der Waals surface area (Å²) in [6.07, 6.45) is 0. The van der Waals surface area contributed by atoms with Crippen molar-refractivity contribution in [2.75, 3.05) is 18.6 Å². The van der Waals surface area contributed by atoms with Gasteiger partial charge in [-0.2, -0.15) is 0 Å². The van der Waals surface area contributed by atoms with Crippen LogP contribution in [-0.2, 0) is 9.59 Å². The molecule has 0 saturated carbocycles. The molecular weight excluding hydrogens is 275 g/mol. The molecule has 1 aliphatic rings. The van der Waals surface area contributed by atoms with E-state index in [-0.39, 0.29) is 24.1 Å². The Hall–Kier alpha value is -2.11. The van der Waals surface area contributed by atoms with Crippen LogP contribution in [0.5, 0.6) is 5.75 Å². The molecule has 1 saturated heterocycles. The summed E-state index contributed by atoms with van der Waals surface area (Å²) in [6.45, 7) is 5.56. The van der Waals surface area contributed by atoms with Crippen molar-refractivity contribution in [1.82, 2.24) is 5.32 Å². The van der Waals surface area contributed by atoms with Crippen molar-refractivity contribution in [3.05, 3.63) is 24.0 Å². The Kier molecular flexibility index (Phi) is 3.89. The largest absolute Gasteiger partial charge is 0.494 e. The van der Waals surface area contributed by atoms with Crippen molar-refractivity contribution in [2.45, 2.75) is 26.8 Å². The number of carbonyl (C=O) groups excluding carboxylic acids is 2. The van der Waals surface area contributed by atoms with E-state index in [2.05, 4.69) is 5.32 Å². The first kappa shape index (κ1) is 15.3. The van der Waals surface area contributed by atoms with Crippen LogP contribution in [0.4, 0.5) is 10.1 Å². The summed E-state index contributed by atoms with van der Waals surface area (Å²) in [5.41, 5.74) is 0.0394. The second-order valence-corrected chi connectivity index (χ2v) is 6.11. The third-order valence-corrected chi connectivity index (χ3v) is 3.43. The number of methoxy groups -OCH3 is 1. The number of nitrogens with one attached hydrogen (secondary N) is 1. The maximum atomic E-state index is 13.5. The summed E-state index contributed by atoms with van der Waals surface area (Å²) in [5.74, 6) is -0.922. The van der Waals surface area contributed by atoms with Crippen LogP contribution < -0.4 is 15.0 Å². The standard InChI is InChI=1S/C15H19FN2O3/c1-15(2,3)13-14(20)18(8-12(19)17-13)9-5-6-10(16)11(7-9)21-4/h5-7,13H,8H2,1-4H3,(H,17,19). The Balaban J connectivity index is 2.38. The van der Waals surface area contributed by atoms with Crippen molar-refractivity contribution < 1.29 is 18.7 Å². The van der Waals surface area contributed by atoms with Gasteiger partial charge < -0.3 is 15.0 Å². The molecule has 1 aromatic carbocycles. The Bertz CT molecular complexity index is 581. The van der Waals surface area contributed by atoms with Crippen LogP contribution >= 0.6 is 0 Å². The van der Waals surface area contributed by atoms with Gasteiger partial charge in [-0.05, 0) is 17.5 Å². The molecular formula is C15H19FN2O3. The first-order valence-electron chi connectivity index (χ1n) is 6.68. The van der Waals surface area contributed by atoms with Gasteiger partial charge in [0.1, 0.15) is 12.6 Å². The molecule has 1 aromatic rings. The summed E-state index contributed by atoms with van der Waals surface area (Å²) < 4.78 is 18.4. The molecule has 0 aromatic heterocycles. The molecule has 1 heterocycles. The average Bonchev–Trinajstić information content (AvgIpc) is 2.40. The van der Waals surface area contributed by atoms with E-state index < -0.39 is 17.3 Å². The fourth-order valence-electron chi connectivity index (χ4n) is 2.27. The molecule has 0 aliphatic carbocycles. The number of halogens is 1. The highest BCUT2D eigenvalue weighted by Gasteiger charge is 2.40. The SMILES string of the molecule is COc1cc(N2CC(=O)NC(C(C)(C)C)C2=O)ccc1F. The minimum Gasteiger partial charge on any atom is -0.494 e. The van der Waals surface area contributed by atoms with E-state index in [9.17, 15) is 14.0 Å². The van der Waals surface area contributed by atoms with Crippen molar-refractivity contribution in [1.29, 1.82) is 0 Å². The van der Waals surface area contributed by atoms with Gasteiger partial charge in [0.05, 0.1) is 7.11 Å². The van der Waals surface area contributed by atoms with Gasteiger partial charge in [-0.1, -0.05) is 20.8 Å². The number of anilines is 1. The highest BCUT2D eigenvalue weighted by Crippen LogP contribution is 2.29. The van der Waals surface area contributed by atoms with Gasteiger partial charge in [0.25, 0.3) is 5.91 Å². The van der Waals surface area contributed by atoms with Crippen LogP contribution in [0.15, 0.2) is 18.2 Å². The van der Waals surface area contributed by atoms with Crippen LogP contribution in [0.1, 0.15) is 20.8 Å². The van der Waals surface area contributed by atoms with E-state index in [0.29, 0.717) is 5.69 Å². The number of piperazine rings is 1. The van der Waals surface area contributed by atoms with Crippen LogP contribution in [0, 0.1) is 11.2 Å². The molecule has 1 N–H and O–H groups in total. The molecule has 0 bridgehead atoms. The summed E-state index contributed by atoms with van der Waals surface area (Å²) in [7, 11) is 1.35. The van der Waals surface area contributed by atoms with Crippen molar-refractivity contribution >= 4 is 17.5 Å². The number of nitrogens with zero attached hydrogens (tertiary/aromatic N) is 1. The molecule has 21 heavy (non-hydrogen) atoms. The predicted molar refractivity (Wildman–Crippen MR) is 76.7 cm³/mol. The zero-order valence-corrected chi connectivity index (χ0v) is 12.6. The van der Waals surface area contributed by atoms with E-state index in [4.69, 9.17) is 4.74 Å². The minimum absolute atomic E-state index is 0.0404. The summed E-state index contributed by atoms with van der Waals surface area (Å²) in [6, 6.07) is 3.49. The molecule has 2 amide bonds. The monoisotopic (exact) mass is 294 g/mol. The highest BCUT2D eigenvalue weighted by atomic mass is 19.1. The lowest BCUT2D eigenvalue weighted by atomic mass is 9.84. The third-order valence-electron chi connectivity index (χ3n) is 3.43. The van der Waals surface area contributed by atoms with Gasteiger partial charge in [0.15, 0.2) is 11.6 Å². The van der Waals surface area contributed by atoms with Crippen LogP contribution in [0.3, 0.4) is 0 Å². The lowest BCUT2D eigenvalue weighted by Gasteiger charge is -2.38. The number of rotatable bonds is 2. The molecule has 5 nitrogen and oxygen atoms in total. The second kappa shape index (κ2) is 5.35. The Labute approximate surface area is 123 Å². The Morgan fingerprint density at radius 3 is 2.57 bits per heavy atom. The van der Waals surface area contributed by atoms with E-state index in [1.54, 1.807) is 0 Å². The van der Waals surface area contributed by atoms with Crippen LogP contribution in [-0.4, -0.2) is 31.5 Å². The maximum absolute atomic E-state index is 13.5. The Morgan fingerprint density at radius 1 is 1.33 bits per heavy atom. The van der Waals surface area contributed by atoms with Gasteiger partial charge in [-0.15, -0.1) is 0 Å². The molecule has 6 heteroatoms. The van der Waals surface area contributed by atoms with E-state index in [0.717, 1.165) is 0 Å². The summed E-state index contributed by atoms with van der Waals surface area (Å²) in [4.78, 5) is 25.8. The summed E-state index contributed by atoms with van der Waals surface area (Å²) in [5, 5.41) is 2.71. The molecule has 1 aliphatic heterocycles.